The Hall–Kier alpha value is -1.49. The smallest absolute Gasteiger partial charge is 0.129 e. The summed E-state index contributed by atoms with van der Waals surface area (Å²) in [5, 5.41) is 4.11. The Morgan fingerprint density at radius 1 is 1.38 bits per heavy atom. The Morgan fingerprint density at radius 2 is 2.12 bits per heavy atom. The van der Waals surface area contributed by atoms with Crippen LogP contribution in [0.2, 0.25) is 0 Å². The molecule has 0 aliphatic rings. The van der Waals surface area contributed by atoms with Crippen LogP contribution in [-0.2, 0) is 7.05 Å². The van der Waals surface area contributed by atoms with E-state index in [0.717, 1.165) is 21.3 Å². The van der Waals surface area contributed by atoms with Crippen LogP contribution in [0.1, 0.15) is 0 Å². The van der Waals surface area contributed by atoms with E-state index in [1.54, 1.807) is 18.0 Å². The lowest BCUT2D eigenvalue weighted by Gasteiger charge is -2.08. The molecule has 0 atom stereocenters. The summed E-state index contributed by atoms with van der Waals surface area (Å²) in [6.45, 7) is 0. The lowest BCUT2D eigenvalue weighted by molar-refractivity contribution is 0.416. The molecule has 0 bridgehead atoms. The van der Waals surface area contributed by atoms with Gasteiger partial charge in [-0.3, -0.25) is 4.68 Å². The van der Waals surface area contributed by atoms with Crippen LogP contribution >= 0.6 is 15.9 Å². The van der Waals surface area contributed by atoms with Gasteiger partial charge in [0.05, 0.1) is 13.3 Å². The van der Waals surface area contributed by atoms with Crippen LogP contribution in [0.15, 0.2) is 28.9 Å². The van der Waals surface area contributed by atoms with Crippen LogP contribution in [0.3, 0.4) is 0 Å². The molecule has 0 aliphatic heterocycles. The number of anilines is 1. The van der Waals surface area contributed by atoms with Crippen LogP contribution in [0.5, 0.6) is 5.75 Å². The van der Waals surface area contributed by atoms with E-state index in [1.807, 2.05) is 25.2 Å². The Balaban J connectivity index is 2.59. The number of nitrogen functional groups attached to an aromatic ring is 1. The molecule has 0 amide bonds. The fourth-order valence-corrected chi connectivity index (χ4v) is 1.88. The van der Waals surface area contributed by atoms with Gasteiger partial charge in [0, 0.05) is 22.6 Å². The maximum absolute atomic E-state index is 5.93. The molecule has 84 valence electrons. The van der Waals surface area contributed by atoms with Gasteiger partial charge in [0.2, 0.25) is 0 Å². The molecule has 16 heavy (non-hydrogen) atoms. The normalized spacial score (nSPS) is 10.4. The van der Waals surface area contributed by atoms with Gasteiger partial charge in [-0.25, -0.2) is 0 Å². The summed E-state index contributed by atoms with van der Waals surface area (Å²) in [6.07, 6.45) is 1.74. The van der Waals surface area contributed by atoms with Gasteiger partial charge in [0.15, 0.2) is 0 Å². The summed E-state index contributed by atoms with van der Waals surface area (Å²) in [5.41, 5.74) is 7.75. The highest BCUT2D eigenvalue weighted by molar-refractivity contribution is 9.10. The van der Waals surface area contributed by atoms with Crippen molar-refractivity contribution in [2.75, 3.05) is 12.8 Å². The highest BCUT2D eigenvalue weighted by Crippen LogP contribution is 2.35. The minimum Gasteiger partial charge on any atom is -0.496 e. The number of nitrogens with zero attached hydrogens (tertiary/aromatic N) is 2. The first-order valence-corrected chi connectivity index (χ1v) is 5.54. The molecule has 0 aliphatic carbocycles. The molecule has 2 rings (SSSR count). The lowest BCUT2D eigenvalue weighted by atomic mass is 10.1. The quantitative estimate of drug-likeness (QED) is 0.920. The standard InChI is InChI=1S/C11H12BrN3O/c1-15-11(13)9(6-14-15)8-4-3-7(12)5-10(8)16-2/h3-6H,13H2,1-2H3. The number of aryl methyl sites for hydroxylation is 1. The molecule has 2 N–H and O–H groups in total. The zero-order chi connectivity index (χ0) is 11.7. The second kappa shape index (κ2) is 4.17. The number of hydrogen-bond acceptors (Lipinski definition) is 3. The topological polar surface area (TPSA) is 53.1 Å². The third-order valence-electron chi connectivity index (χ3n) is 2.44. The Kier molecular flexibility index (Phi) is 2.87. The Labute approximate surface area is 102 Å². The number of aromatic nitrogens is 2. The largest absolute Gasteiger partial charge is 0.496 e. The molecule has 5 heteroatoms. The van der Waals surface area contributed by atoms with Gasteiger partial charge in [-0.15, -0.1) is 0 Å². The van der Waals surface area contributed by atoms with Crippen molar-refractivity contribution in [2.24, 2.45) is 7.05 Å². The van der Waals surface area contributed by atoms with Crippen molar-refractivity contribution in [2.45, 2.75) is 0 Å². The summed E-state index contributed by atoms with van der Waals surface area (Å²) in [4.78, 5) is 0. The molecule has 0 fully saturated rings. The SMILES string of the molecule is COc1cc(Br)ccc1-c1cnn(C)c1N. The number of methoxy groups -OCH3 is 1. The average molecular weight is 282 g/mol. The zero-order valence-corrected chi connectivity index (χ0v) is 10.7. The third-order valence-corrected chi connectivity index (χ3v) is 2.93. The number of ether oxygens (including phenoxy) is 1. The molecular formula is C11H12BrN3O. The van der Waals surface area contributed by atoms with Crippen molar-refractivity contribution >= 4 is 21.7 Å². The summed E-state index contributed by atoms with van der Waals surface area (Å²) in [5.74, 6) is 1.40. The lowest BCUT2D eigenvalue weighted by Crippen LogP contribution is -1.98. The van der Waals surface area contributed by atoms with Crippen LogP contribution < -0.4 is 10.5 Å². The maximum atomic E-state index is 5.93. The molecule has 1 aromatic carbocycles. The van der Waals surface area contributed by atoms with Gasteiger partial charge in [0.25, 0.3) is 0 Å². The first kappa shape index (κ1) is 11.0. The van der Waals surface area contributed by atoms with Crippen molar-refractivity contribution in [1.29, 1.82) is 0 Å². The van der Waals surface area contributed by atoms with E-state index >= 15 is 0 Å². The first-order valence-electron chi connectivity index (χ1n) is 4.75. The predicted molar refractivity (Wildman–Crippen MR) is 67.3 cm³/mol. The molecule has 0 spiro atoms. The average Bonchev–Trinajstić information content (AvgIpc) is 2.60. The second-order valence-electron chi connectivity index (χ2n) is 3.41. The van der Waals surface area contributed by atoms with E-state index < -0.39 is 0 Å². The number of nitrogens with two attached hydrogens (primary N) is 1. The van der Waals surface area contributed by atoms with E-state index in [2.05, 4.69) is 21.0 Å². The van der Waals surface area contributed by atoms with Crippen molar-refractivity contribution in [3.8, 4) is 16.9 Å². The second-order valence-corrected chi connectivity index (χ2v) is 4.33. The third kappa shape index (κ3) is 1.78. The first-order chi connectivity index (χ1) is 7.63. The van der Waals surface area contributed by atoms with E-state index in [4.69, 9.17) is 10.5 Å². The highest BCUT2D eigenvalue weighted by Gasteiger charge is 2.12. The summed E-state index contributed by atoms with van der Waals surface area (Å²) in [6, 6.07) is 5.81. The number of benzene rings is 1. The van der Waals surface area contributed by atoms with Crippen LogP contribution in [-0.4, -0.2) is 16.9 Å². The number of halogens is 1. The van der Waals surface area contributed by atoms with Gasteiger partial charge in [-0.1, -0.05) is 15.9 Å². The molecular weight excluding hydrogens is 270 g/mol. The van der Waals surface area contributed by atoms with E-state index in [1.165, 1.54) is 0 Å². The van der Waals surface area contributed by atoms with E-state index in [9.17, 15) is 0 Å². The number of rotatable bonds is 2. The van der Waals surface area contributed by atoms with E-state index in [0.29, 0.717) is 5.82 Å². The van der Waals surface area contributed by atoms with Gasteiger partial charge in [-0.05, 0) is 18.2 Å². The predicted octanol–water partition coefficient (Wildman–Crippen LogP) is 2.44. The van der Waals surface area contributed by atoms with Crippen LogP contribution in [0.4, 0.5) is 5.82 Å². The van der Waals surface area contributed by atoms with Crippen molar-refractivity contribution in [3.63, 3.8) is 0 Å². The van der Waals surface area contributed by atoms with Crippen molar-refractivity contribution < 1.29 is 4.74 Å². The minimum absolute atomic E-state index is 0.626. The molecule has 0 saturated heterocycles. The Bertz CT molecular complexity index is 522. The molecule has 0 unspecified atom stereocenters. The molecule has 0 radical (unpaired) electrons. The monoisotopic (exact) mass is 281 g/mol. The Morgan fingerprint density at radius 3 is 2.69 bits per heavy atom. The summed E-state index contributed by atoms with van der Waals surface area (Å²) in [7, 11) is 3.45. The van der Waals surface area contributed by atoms with Crippen molar-refractivity contribution in [3.05, 3.63) is 28.9 Å². The van der Waals surface area contributed by atoms with E-state index in [-0.39, 0.29) is 0 Å². The number of hydrogen-bond donors (Lipinski definition) is 1. The summed E-state index contributed by atoms with van der Waals surface area (Å²) >= 11 is 3.40. The van der Waals surface area contributed by atoms with Gasteiger partial charge in [0.1, 0.15) is 11.6 Å². The van der Waals surface area contributed by atoms with Crippen LogP contribution in [0.25, 0.3) is 11.1 Å². The molecule has 1 aromatic heterocycles. The van der Waals surface area contributed by atoms with Gasteiger partial charge >= 0.3 is 0 Å². The molecule has 0 saturated carbocycles. The fourth-order valence-electron chi connectivity index (χ4n) is 1.54. The van der Waals surface area contributed by atoms with Crippen molar-refractivity contribution in [1.82, 2.24) is 9.78 Å². The minimum atomic E-state index is 0.626. The van der Waals surface area contributed by atoms with Gasteiger partial charge < -0.3 is 10.5 Å². The molecule has 2 aromatic rings. The zero-order valence-electron chi connectivity index (χ0n) is 9.07. The molecule has 1 heterocycles. The van der Waals surface area contributed by atoms with Crippen LogP contribution in [0, 0.1) is 0 Å². The highest BCUT2D eigenvalue weighted by atomic mass is 79.9. The maximum Gasteiger partial charge on any atom is 0.129 e. The molecule has 4 nitrogen and oxygen atoms in total. The van der Waals surface area contributed by atoms with Gasteiger partial charge in [-0.2, -0.15) is 5.10 Å². The summed E-state index contributed by atoms with van der Waals surface area (Å²) < 4.78 is 7.93. The fraction of sp³-hybridized carbons (Fsp3) is 0.182.